The first-order valence-corrected chi connectivity index (χ1v) is 38.9. The number of phosphoric ester groups is 2. The van der Waals surface area contributed by atoms with E-state index in [0.717, 1.165) is 135 Å². The number of carbonyl (C=O) groups excluding carboxylic acids is 3. The molecule has 0 saturated carbocycles. The zero-order chi connectivity index (χ0) is 66.7. The lowest BCUT2D eigenvalue weighted by atomic mass is 10.0. The highest BCUT2D eigenvalue weighted by Gasteiger charge is 2.29. The molecule has 0 aromatic rings. The summed E-state index contributed by atoms with van der Waals surface area (Å²) < 4.78 is 60.8. The first-order valence-electron chi connectivity index (χ1n) is 35.9. The predicted octanol–water partition coefficient (Wildman–Crippen LogP) is 20.1. The Bertz CT molecular complexity index is 2000. The number of rotatable bonds is 68. The van der Waals surface area contributed by atoms with Crippen LogP contribution >= 0.6 is 15.6 Å². The fourth-order valence-corrected chi connectivity index (χ4v) is 11.1. The van der Waals surface area contributed by atoms with Crippen LogP contribution in [0.3, 0.4) is 0 Å². The van der Waals surface area contributed by atoms with Crippen molar-refractivity contribution in [2.45, 2.75) is 322 Å². The lowest BCUT2D eigenvalue weighted by Gasteiger charge is -2.21. The Balaban J connectivity index is 4.42. The first kappa shape index (κ1) is 87.7. The van der Waals surface area contributed by atoms with Gasteiger partial charge in [0.2, 0.25) is 0 Å². The molecule has 0 bridgehead atoms. The quantitative estimate of drug-likeness (QED) is 0.0146. The third-order valence-electron chi connectivity index (χ3n) is 15.0. The third-order valence-corrected chi connectivity index (χ3v) is 16.9. The van der Waals surface area contributed by atoms with Gasteiger partial charge in [0.25, 0.3) is 0 Å². The number of hydrogen-bond donors (Lipinski definition) is 4. The maximum Gasteiger partial charge on any atom is 0.472 e. The van der Waals surface area contributed by atoms with Crippen LogP contribution < -0.4 is 0 Å². The number of aliphatic hydroxyl groups excluding tert-OH is 2. The molecule has 0 aliphatic heterocycles. The van der Waals surface area contributed by atoms with Crippen LogP contribution in [0.15, 0.2) is 85.1 Å². The fourth-order valence-electron chi connectivity index (χ4n) is 9.53. The van der Waals surface area contributed by atoms with Gasteiger partial charge in [-0.25, -0.2) is 9.13 Å². The van der Waals surface area contributed by atoms with Crippen molar-refractivity contribution < 1.29 is 75.8 Å². The molecule has 4 N–H and O–H groups in total. The van der Waals surface area contributed by atoms with Gasteiger partial charge in [0, 0.05) is 19.3 Å². The van der Waals surface area contributed by atoms with Crippen molar-refractivity contribution in [3.8, 4) is 0 Å². The molecule has 91 heavy (non-hydrogen) atoms. The highest BCUT2D eigenvalue weighted by molar-refractivity contribution is 7.47. The Morgan fingerprint density at radius 1 is 0.308 bits per heavy atom. The predicted molar refractivity (Wildman–Crippen MR) is 371 cm³/mol. The van der Waals surface area contributed by atoms with E-state index in [1.165, 1.54) is 109 Å². The minimum absolute atomic E-state index is 0.0927. The van der Waals surface area contributed by atoms with Gasteiger partial charge in [0.15, 0.2) is 6.10 Å². The molecule has 0 aromatic carbocycles. The molecule has 0 heterocycles. The van der Waals surface area contributed by atoms with E-state index < -0.39 is 91.5 Å². The molecule has 5 unspecified atom stereocenters. The van der Waals surface area contributed by atoms with Crippen molar-refractivity contribution in [2.24, 2.45) is 0 Å². The Hall–Kier alpha value is -3.27. The third kappa shape index (κ3) is 67.9. The smallest absolute Gasteiger partial charge is 0.463 e. The molecule has 528 valence electrons. The van der Waals surface area contributed by atoms with Gasteiger partial charge in [-0.3, -0.25) is 32.5 Å². The van der Waals surface area contributed by atoms with E-state index in [4.69, 9.17) is 32.3 Å². The monoisotopic (exact) mass is 1320 g/mol. The number of hydrogen-bond acceptors (Lipinski definition) is 14. The number of carbonyl (C=O) groups is 3. The SMILES string of the molecule is CCC/C=C\C/C=C\CCCCCCCC(=O)OCC(COP(=O)(O)OCC(O)COP(=O)(O)OCC(O)COC(=O)CCCCCCCCCCCCCCC/C=C\C/C=C\C/C=C\C/C=C\CCCCC)OC(=O)CCCCCCC/C=C\CCCCCC. The van der Waals surface area contributed by atoms with Gasteiger partial charge in [-0.2, -0.15) is 0 Å². The zero-order valence-corrected chi connectivity index (χ0v) is 59.0. The summed E-state index contributed by atoms with van der Waals surface area (Å²) in [5, 5.41) is 20.6. The van der Waals surface area contributed by atoms with E-state index in [0.29, 0.717) is 19.3 Å². The Kier molecular flexibility index (Phi) is 64.3. The van der Waals surface area contributed by atoms with Crippen LogP contribution in [0, 0.1) is 0 Å². The Labute approximate surface area is 553 Å². The van der Waals surface area contributed by atoms with Crippen LogP contribution in [0.2, 0.25) is 0 Å². The van der Waals surface area contributed by atoms with Gasteiger partial charge in [0.05, 0.1) is 26.4 Å². The van der Waals surface area contributed by atoms with Gasteiger partial charge in [0.1, 0.15) is 25.4 Å². The van der Waals surface area contributed by atoms with Gasteiger partial charge in [-0.05, 0) is 116 Å². The molecule has 16 nitrogen and oxygen atoms in total. The van der Waals surface area contributed by atoms with E-state index in [9.17, 15) is 43.5 Å². The van der Waals surface area contributed by atoms with E-state index in [-0.39, 0.29) is 19.3 Å². The molecule has 0 aromatic heterocycles. The minimum atomic E-state index is -4.92. The van der Waals surface area contributed by atoms with E-state index in [1.807, 2.05) is 0 Å². The number of ether oxygens (including phenoxy) is 3. The van der Waals surface area contributed by atoms with Crippen molar-refractivity contribution in [3.05, 3.63) is 85.1 Å². The van der Waals surface area contributed by atoms with Crippen molar-refractivity contribution in [3.63, 3.8) is 0 Å². The van der Waals surface area contributed by atoms with Crippen LogP contribution in [0.5, 0.6) is 0 Å². The summed E-state index contributed by atoms with van der Waals surface area (Å²) in [7, 11) is -9.77. The topological polar surface area (TPSA) is 231 Å². The van der Waals surface area contributed by atoms with Crippen LogP contribution in [0.4, 0.5) is 0 Å². The standard InChI is InChI=1S/C73H130O16P2/c1-4-7-10-13-16-19-22-25-26-27-28-29-30-31-32-33-34-35-36-37-38-39-40-43-45-47-50-53-56-59-71(76)83-62-68(74)63-85-90(79,80)86-64-69(75)65-87-91(81,82)88-67-70(89-73(78)61-58-55-52-49-46-42-24-21-18-15-12-9-6-3)66-84-72(77)60-57-54-51-48-44-41-23-20-17-14-11-8-5-2/h11,14,16,19-21,23-26,28-29,31-32,68-70,74-75H,4-10,12-13,15,17-18,22,27,30,33-67H2,1-3H3,(H,79,80)(H,81,82)/b14-11-,19-16-,23-20-,24-21-,26-25-,29-28-,32-31-. The number of esters is 3. The largest absolute Gasteiger partial charge is 0.472 e. The molecule has 18 heteroatoms. The lowest BCUT2D eigenvalue weighted by molar-refractivity contribution is -0.161. The second-order valence-electron chi connectivity index (χ2n) is 24.0. The summed E-state index contributed by atoms with van der Waals surface area (Å²) in [6.45, 7) is 2.55. The van der Waals surface area contributed by atoms with Crippen LogP contribution in [-0.4, -0.2) is 95.9 Å². The molecule has 0 aliphatic carbocycles. The second kappa shape index (κ2) is 66.7. The van der Waals surface area contributed by atoms with Gasteiger partial charge < -0.3 is 34.2 Å². The lowest BCUT2D eigenvalue weighted by Crippen LogP contribution is -2.30. The number of phosphoric acid groups is 2. The van der Waals surface area contributed by atoms with Crippen LogP contribution in [-0.2, 0) is 55.8 Å². The summed E-state index contributed by atoms with van der Waals surface area (Å²) in [6, 6.07) is 0. The second-order valence-corrected chi connectivity index (χ2v) is 26.9. The molecular weight excluding hydrogens is 1190 g/mol. The maximum absolute atomic E-state index is 12.9. The van der Waals surface area contributed by atoms with E-state index in [2.05, 4.69) is 106 Å². The van der Waals surface area contributed by atoms with E-state index >= 15 is 0 Å². The van der Waals surface area contributed by atoms with Crippen LogP contribution in [0.25, 0.3) is 0 Å². The summed E-state index contributed by atoms with van der Waals surface area (Å²) in [4.78, 5) is 58.3. The number of allylic oxidation sites excluding steroid dienone is 14. The molecular formula is C73H130O16P2. The zero-order valence-electron chi connectivity index (χ0n) is 57.3. The Morgan fingerprint density at radius 3 is 0.945 bits per heavy atom. The van der Waals surface area contributed by atoms with E-state index in [1.54, 1.807) is 0 Å². The normalized spacial score (nSPS) is 14.7. The molecule has 0 spiro atoms. The molecule has 0 radical (unpaired) electrons. The average molecular weight is 1330 g/mol. The minimum Gasteiger partial charge on any atom is -0.463 e. The van der Waals surface area contributed by atoms with Crippen molar-refractivity contribution >= 4 is 33.6 Å². The van der Waals surface area contributed by atoms with Gasteiger partial charge >= 0.3 is 33.6 Å². The van der Waals surface area contributed by atoms with Gasteiger partial charge in [-0.15, -0.1) is 0 Å². The molecule has 0 rings (SSSR count). The number of unbranched alkanes of at least 4 members (excludes halogenated alkanes) is 31. The summed E-state index contributed by atoms with van der Waals surface area (Å²) in [5.41, 5.74) is 0. The summed E-state index contributed by atoms with van der Waals surface area (Å²) >= 11 is 0. The molecule has 0 fully saturated rings. The maximum atomic E-state index is 12.9. The van der Waals surface area contributed by atoms with Crippen LogP contribution in [0.1, 0.15) is 303 Å². The van der Waals surface area contributed by atoms with Crippen molar-refractivity contribution in [1.29, 1.82) is 0 Å². The molecule has 0 amide bonds. The van der Waals surface area contributed by atoms with Crippen molar-refractivity contribution in [1.82, 2.24) is 0 Å². The average Bonchev–Trinajstić information content (AvgIpc) is 3.66. The molecule has 0 aliphatic rings. The van der Waals surface area contributed by atoms with Crippen molar-refractivity contribution in [2.75, 3.05) is 39.6 Å². The molecule has 5 atom stereocenters. The number of aliphatic hydroxyl groups is 2. The highest BCUT2D eigenvalue weighted by atomic mass is 31.2. The van der Waals surface area contributed by atoms with Gasteiger partial charge in [-0.1, -0.05) is 254 Å². The fraction of sp³-hybridized carbons (Fsp3) is 0.767. The molecule has 0 saturated heterocycles. The Morgan fingerprint density at radius 2 is 0.571 bits per heavy atom. The summed E-state index contributed by atoms with van der Waals surface area (Å²) in [6.07, 6.45) is 72.2. The highest BCUT2D eigenvalue weighted by Crippen LogP contribution is 2.45. The summed E-state index contributed by atoms with van der Waals surface area (Å²) in [5.74, 6) is -1.60. The first-order chi connectivity index (χ1) is 44.2.